The van der Waals surface area contributed by atoms with E-state index >= 15 is 0 Å². The van der Waals surface area contributed by atoms with Crippen LogP contribution >= 0.6 is 22.7 Å². The summed E-state index contributed by atoms with van der Waals surface area (Å²) in [6, 6.07) is 28.7. The van der Waals surface area contributed by atoms with Crippen LogP contribution in [0.5, 0.6) is 0 Å². The molecule has 2 saturated heterocycles. The van der Waals surface area contributed by atoms with Crippen molar-refractivity contribution in [2.75, 3.05) is 13.2 Å². The first-order valence-electron chi connectivity index (χ1n) is 18.1. The highest BCUT2D eigenvalue weighted by atomic mass is 32.1. The topological polar surface area (TPSA) is 180 Å². The Kier molecular flexibility index (Phi) is 12.6. The summed E-state index contributed by atoms with van der Waals surface area (Å²) in [6.07, 6.45) is -11.7. The van der Waals surface area contributed by atoms with E-state index in [0.717, 1.165) is 29.9 Å². The lowest BCUT2D eigenvalue weighted by Crippen LogP contribution is -2.55. The molecule has 0 spiro atoms. The van der Waals surface area contributed by atoms with Crippen molar-refractivity contribution in [3.05, 3.63) is 141 Å². The maximum atomic E-state index is 14.4. The van der Waals surface area contributed by atoms with E-state index in [9.17, 15) is 49.6 Å². The molecule has 6 aromatic rings. The second kappa shape index (κ2) is 17.4. The van der Waals surface area contributed by atoms with E-state index < -0.39 is 74.3 Å². The molecule has 0 saturated carbocycles. The van der Waals surface area contributed by atoms with Gasteiger partial charge in [-0.05, 0) is 81.6 Å². The molecule has 0 radical (unpaired) electrons. The van der Waals surface area contributed by atoms with Gasteiger partial charge in [-0.3, -0.25) is 0 Å². The molecule has 2 aliphatic heterocycles. The number of aliphatic hydroxyl groups is 8. The Morgan fingerprint density at radius 2 is 0.875 bits per heavy atom. The van der Waals surface area contributed by atoms with Crippen LogP contribution in [-0.4, -0.2) is 103 Å². The maximum absolute atomic E-state index is 14.4. The highest BCUT2D eigenvalue weighted by Crippen LogP contribution is 2.36. The molecule has 10 nitrogen and oxygen atoms in total. The summed E-state index contributed by atoms with van der Waals surface area (Å²) < 4.78 is 42.3. The number of hydrogen-bond acceptors (Lipinski definition) is 12. The molecular weight excluding hydrogens is 767 g/mol. The lowest BCUT2D eigenvalue weighted by atomic mass is 9.90. The van der Waals surface area contributed by atoms with E-state index in [-0.39, 0.29) is 11.6 Å². The number of fused-ring (bicyclic) bond motifs is 2. The first-order chi connectivity index (χ1) is 26.9. The molecule has 8 N–H and O–H groups in total. The van der Waals surface area contributed by atoms with Crippen molar-refractivity contribution in [3.8, 4) is 0 Å². The summed E-state index contributed by atoms with van der Waals surface area (Å²) in [7, 11) is 0. The highest BCUT2D eigenvalue weighted by molar-refractivity contribution is 7.19. The van der Waals surface area contributed by atoms with Crippen molar-refractivity contribution in [2.45, 2.75) is 73.9 Å². The zero-order chi connectivity index (χ0) is 39.7. The molecule has 2 aliphatic rings. The summed E-state index contributed by atoms with van der Waals surface area (Å²) in [5.74, 6) is -0.739. The molecule has 0 amide bonds. The fourth-order valence-electron chi connectivity index (χ4n) is 7.19. The van der Waals surface area contributed by atoms with Gasteiger partial charge in [-0.15, -0.1) is 22.7 Å². The second-order valence-electron chi connectivity index (χ2n) is 14.1. The maximum Gasteiger partial charge on any atom is 0.126 e. The number of aliphatic hydroxyl groups excluding tert-OH is 8. The number of benzene rings is 4. The molecule has 8 rings (SSSR count). The van der Waals surface area contributed by atoms with Crippen LogP contribution in [0.4, 0.5) is 8.78 Å². The number of thiophene rings is 2. The van der Waals surface area contributed by atoms with E-state index in [1.807, 2.05) is 60.7 Å². The fraction of sp³-hybridized carbons (Fsp3) is 0.333. The van der Waals surface area contributed by atoms with E-state index in [1.54, 1.807) is 34.8 Å². The Morgan fingerprint density at radius 1 is 0.482 bits per heavy atom. The quantitative estimate of drug-likeness (QED) is 0.111. The minimum atomic E-state index is -1.47. The van der Waals surface area contributed by atoms with Crippen molar-refractivity contribution < 1.29 is 59.1 Å². The van der Waals surface area contributed by atoms with Crippen LogP contribution in [0.15, 0.2) is 97.1 Å². The summed E-state index contributed by atoms with van der Waals surface area (Å²) in [6.45, 7) is -1.01. The highest BCUT2D eigenvalue weighted by Gasteiger charge is 2.45. The standard InChI is InChI=1S/2C21H21FO5S/c2*22-15-6-5-12(21-20(26)19(25)18(24)16(10-23)27-21)7-13(15)9-14-8-11-3-1-2-4-17(11)28-14/h2*1-8,16,18-21,23-26H,9-10H2/t2*16-,18-,19+,20-,21+/m11/s1. The van der Waals surface area contributed by atoms with Gasteiger partial charge in [-0.25, -0.2) is 8.78 Å². The van der Waals surface area contributed by atoms with Crippen LogP contribution < -0.4 is 0 Å². The molecule has 296 valence electrons. The monoisotopic (exact) mass is 808 g/mol. The summed E-state index contributed by atoms with van der Waals surface area (Å²) in [4.78, 5) is 2.01. The third kappa shape index (κ3) is 8.43. The Balaban J connectivity index is 0.000000172. The molecule has 10 atom stereocenters. The zero-order valence-corrected chi connectivity index (χ0v) is 31.4. The van der Waals surface area contributed by atoms with Gasteiger partial charge < -0.3 is 50.3 Å². The average Bonchev–Trinajstić information content (AvgIpc) is 3.82. The Bertz CT molecular complexity index is 2040. The Labute approximate surface area is 328 Å². The minimum Gasteiger partial charge on any atom is -0.394 e. The lowest BCUT2D eigenvalue weighted by Gasteiger charge is -2.40. The van der Waals surface area contributed by atoms with Gasteiger partial charge >= 0.3 is 0 Å². The Morgan fingerprint density at radius 3 is 1.25 bits per heavy atom. The number of hydrogen-bond donors (Lipinski definition) is 8. The van der Waals surface area contributed by atoms with Crippen molar-refractivity contribution in [1.29, 1.82) is 0 Å². The van der Waals surface area contributed by atoms with E-state index in [4.69, 9.17) is 9.47 Å². The molecule has 4 aromatic carbocycles. The zero-order valence-electron chi connectivity index (χ0n) is 29.8. The fourth-order valence-corrected chi connectivity index (χ4v) is 9.37. The number of halogens is 2. The molecule has 14 heteroatoms. The van der Waals surface area contributed by atoms with Crippen LogP contribution in [-0.2, 0) is 22.3 Å². The number of ether oxygens (including phenoxy) is 2. The van der Waals surface area contributed by atoms with E-state index in [2.05, 4.69) is 0 Å². The summed E-state index contributed by atoms with van der Waals surface area (Å²) in [5, 5.41) is 81.4. The molecule has 4 heterocycles. The predicted octanol–water partition coefficient (Wildman–Crippen LogP) is 4.29. The summed E-state index contributed by atoms with van der Waals surface area (Å²) in [5.41, 5.74) is 1.85. The first kappa shape index (κ1) is 40.5. The van der Waals surface area contributed by atoms with Crippen LogP contribution in [0.25, 0.3) is 20.2 Å². The van der Waals surface area contributed by atoms with Crippen LogP contribution in [0.2, 0.25) is 0 Å². The molecule has 0 aliphatic carbocycles. The third-order valence-electron chi connectivity index (χ3n) is 10.3. The molecular formula is C42H42F2O10S2. The smallest absolute Gasteiger partial charge is 0.126 e. The molecule has 0 unspecified atom stereocenters. The summed E-state index contributed by atoms with van der Waals surface area (Å²) >= 11 is 3.19. The van der Waals surface area contributed by atoms with Crippen LogP contribution in [0, 0.1) is 11.6 Å². The van der Waals surface area contributed by atoms with Gasteiger partial charge in [0.1, 0.15) is 72.7 Å². The first-order valence-corrected chi connectivity index (χ1v) is 19.7. The molecule has 2 fully saturated rings. The van der Waals surface area contributed by atoms with Crippen LogP contribution in [0.3, 0.4) is 0 Å². The van der Waals surface area contributed by atoms with Crippen molar-refractivity contribution in [2.24, 2.45) is 0 Å². The van der Waals surface area contributed by atoms with Gasteiger partial charge in [0.2, 0.25) is 0 Å². The SMILES string of the molecule is OC[C@H]1O[C@@H](c2ccc(F)c(Cc3cc4ccccc4s3)c2)[C@H](O)[C@@H](O)[C@@H]1O.OC[C@H]1O[C@@H](c2ccc(F)c(Cc3cc4ccccc4s3)c2)[C@H](O)[C@@H](O)[C@@H]1O. The molecule has 56 heavy (non-hydrogen) atoms. The van der Waals surface area contributed by atoms with Crippen molar-refractivity contribution in [1.82, 2.24) is 0 Å². The van der Waals surface area contributed by atoms with E-state index in [1.165, 1.54) is 24.3 Å². The molecule has 2 aromatic heterocycles. The van der Waals surface area contributed by atoms with E-state index in [0.29, 0.717) is 35.1 Å². The number of rotatable bonds is 8. The normalized spacial score (nSPS) is 28.0. The van der Waals surface area contributed by atoms with Gasteiger partial charge in [0.05, 0.1) is 13.2 Å². The average molecular weight is 809 g/mol. The third-order valence-corrected chi connectivity index (χ3v) is 12.5. The lowest BCUT2D eigenvalue weighted by molar-refractivity contribution is -0.231. The minimum absolute atomic E-state index is 0.370. The van der Waals surface area contributed by atoms with Crippen molar-refractivity contribution in [3.63, 3.8) is 0 Å². The predicted molar refractivity (Wildman–Crippen MR) is 208 cm³/mol. The van der Waals surface area contributed by atoms with Crippen LogP contribution in [0.1, 0.15) is 44.2 Å². The van der Waals surface area contributed by atoms with Gasteiger partial charge in [-0.1, -0.05) is 48.5 Å². The van der Waals surface area contributed by atoms with Gasteiger partial charge in [0.15, 0.2) is 0 Å². The van der Waals surface area contributed by atoms with Gasteiger partial charge in [0, 0.05) is 32.0 Å². The van der Waals surface area contributed by atoms with Crippen molar-refractivity contribution >= 4 is 42.8 Å². The van der Waals surface area contributed by atoms with Gasteiger partial charge in [-0.2, -0.15) is 0 Å². The van der Waals surface area contributed by atoms with Gasteiger partial charge in [0.25, 0.3) is 0 Å². The molecule has 0 bridgehead atoms. The second-order valence-corrected chi connectivity index (χ2v) is 16.4. The Hall–Kier alpha value is -3.74. The largest absolute Gasteiger partial charge is 0.394 e.